The van der Waals surface area contributed by atoms with Crippen LogP contribution in [0.25, 0.3) is 0 Å². The van der Waals surface area contributed by atoms with Gasteiger partial charge in [0.25, 0.3) is 17.0 Å². The SMILES string of the molecule is NC(=[NH2+])SCCNC(=O)c1ccccc1.O=C(NCCO[P+](=O)[O-])c1ccccc1. The van der Waals surface area contributed by atoms with E-state index in [1.165, 1.54) is 11.8 Å². The molecule has 0 spiro atoms. The molecule has 0 radical (unpaired) electrons. The van der Waals surface area contributed by atoms with Crippen LogP contribution in [-0.2, 0) is 9.09 Å². The van der Waals surface area contributed by atoms with Crippen LogP contribution in [0.4, 0.5) is 0 Å². The largest absolute Gasteiger partial charge is 0.566 e. The summed E-state index contributed by atoms with van der Waals surface area (Å²) in [6.45, 7) is 0.671. The molecule has 1 atom stereocenters. The van der Waals surface area contributed by atoms with Crippen molar-refractivity contribution in [2.24, 2.45) is 5.73 Å². The maximum absolute atomic E-state index is 11.5. The predicted octanol–water partition coefficient (Wildman–Crippen LogP) is -0.326. The molecule has 0 aliphatic carbocycles. The first kappa shape index (κ1) is 25.3. The lowest BCUT2D eigenvalue weighted by Gasteiger charge is -2.02. The molecule has 1 unspecified atom stereocenters. The number of thioether (sulfide) groups is 1. The number of hydrogen-bond acceptors (Lipinski definition) is 6. The first-order chi connectivity index (χ1) is 14.4. The van der Waals surface area contributed by atoms with Crippen molar-refractivity contribution in [1.82, 2.24) is 10.6 Å². The summed E-state index contributed by atoms with van der Waals surface area (Å²) in [4.78, 5) is 32.9. The molecule has 9 nitrogen and oxygen atoms in total. The van der Waals surface area contributed by atoms with Gasteiger partial charge >= 0.3 is 8.25 Å². The van der Waals surface area contributed by atoms with Crippen LogP contribution >= 0.6 is 20.0 Å². The van der Waals surface area contributed by atoms with E-state index in [-0.39, 0.29) is 25.0 Å². The minimum absolute atomic E-state index is 0.0444. The Morgan fingerprint density at radius 2 is 1.43 bits per heavy atom. The van der Waals surface area contributed by atoms with Crippen molar-refractivity contribution >= 4 is 37.0 Å². The van der Waals surface area contributed by atoms with Crippen LogP contribution in [-0.4, -0.2) is 42.4 Å². The fourth-order valence-electron chi connectivity index (χ4n) is 2.00. The molecule has 2 amide bonds. The molecule has 0 bridgehead atoms. The summed E-state index contributed by atoms with van der Waals surface area (Å²) in [5.74, 6) is 0.355. The Morgan fingerprint density at radius 1 is 0.967 bits per heavy atom. The van der Waals surface area contributed by atoms with Crippen molar-refractivity contribution in [1.29, 1.82) is 0 Å². The first-order valence-electron chi connectivity index (χ1n) is 8.84. The third-order valence-electron chi connectivity index (χ3n) is 3.31. The summed E-state index contributed by atoms with van der Waals surface area (Å²) in [6.07, 6.45) is 0. The lowest BCUT2D eigenvalue weighted by atomic mass is 10.2. The highest BCUT2D eigenvalue weighted by molar-refractivity contribution is 8.13. The highest BCUT2D eigenvalue weighted by Gasteiger charge is 2.05. The van der Waals surface area contributed by atoms with Crippen molar-refractivity contribution in [3.05, 3.63) is 71.8 Å². The monoisotopic (exact) mass is 451 g/mol. The Balaban J connectivity index is 0.000000300. The van der Waals surface area contributed by atoms with Gasteiger partial charge < -0.3 is 15.5 Å². The van der Waals surface area contributed by atoms with E-state index in [2.05, 4.69) is 15.2 Å². The Kier molecular flexibility index (Phi) is 12.7. The van der Waals surface area contributed by atoms with E-state index in [4.69, 9.17) is 11.1 Å². The molecule has 11 heteroatoms. The van der Waals surface area contributed by atoms with Crippen molar-refractivity contribution < 1.29 is 29.0 Å². The fraction of sp³-hybridized carbons (Fsp3) is 0.211. The summed E-state index contributed by atoms with van der Waals surface area (Å²) in [5.41, 5.74) is 6.46. The maximum Gasteiger partial charge on any atom is 0.488 e. The summed E-state index contributed by atoms with van der Waals surface area (Å²) < 4.78 is 14.3. The van der Waals surface area contributed by atoms with E-state index < -0.39 is 8.25 Å². The van der Waals surface area contributed by atoms with Gasteiger partial charge in [0.05, 0.1) is 0 Å². The third-order valence-corrected chi connectivity index (χ3v) is 4.45. The third kappa shape index (κ3) is 11.9. The normalized spacial score (nSPS) is 10.2. The minimum atomic E-state index is -2.84. The highest BCUT2D eigenvalue weighted by atomic mass is 32.2. The quantitative estimate of drug-likeness (QED) is 0.176. The van der Waals surface area contributed by atoms with E-state index in [9.17, 15) is 19.0 Å². The molecule has 0 saturated heterocycles. The van der Waals surface area contributed by atoms with Crippen LogP contribution in [0.2, 0.25) is 0 Å². The Bertz CT molecular complexity index is 755. The summed E-state index contributed by atoms with van der Waals surface area (Å²) in [6, 6.07) is 17.7. The maximum atomic E-state index is 11.5. The minimum Gasteiger partial charge on any atom is -0.566 e. The zero-order valence-corrected chi connectivity index (χ0v) is 17.9. The molecule has 30 heavy (non-hydrogen) atoms. The molecule has 0 saturated carbocycles. The van der Waals surface area contributed by atoms with Gasteiger partial charge in [-0.1, -0.05) is 36.4 Å². The van der Waals surface area contributed by atoms with Crippen LogP contribution in [0.1, 0.15) is 20.7 Å². The number of amidine groups is 1. The Hall–Kier alpha value is -2.78. The second-order valence-corrected chi connectivity index (χ2v) is 7.43. The second kappa shape index (κ2) is 15.1. The molecule has 2 rings (SSSR count). The molecule has 0 fully saturated rings. The van der Waals surface area contributed by atoms with Gasteiger partial charge in [-0.25, -0.2) is 0 Å². The Morgan fingerprint density at radius 3 is 1.87 bits per heavy atom. The van der Waals surface area contributed by atoms with E-state index in [1.807, 2.05) is 24.3 Å². The standard InChI is InChI=1S/C10H13N3OS.C9H10NO4P/c11-10(12)15-7-6-13-9(14)8-4-2-1-3-5-8;11-9(8-4-2-1-3-5-8)10-6-7-14-15(12)13/h1-5H,6-7H2,(H3,11,12)(H,13,14);1-5H,6-7H2,(H,10,11)/p+1. The van der Waals surface area contributed by atoms with E-state index in [0.717, 1.165) is 0 Å². The lowest BCUT2D eigenvalue weighted by Crippen LogP contribution is -2.43. The predicted molar refractivity (Wildman–Crippen MR) is 115 cm³/mol. The van der Waals surface area contributed by atoms with Crippen LogP contribution in [0.15, 0.2) is 60.7 Å². The molecular formula is C19H24N4O5PS+. The number of carbonyl (C=O) groups is 2. The van der Waals surface area contributed by atoms with E-state index in [1.54, 1.807) is 36.4 Å². The van der Waals surface area contributed by atoms with Gasteiger partial charge in [0.2, 0.25) is 0 Å². The molecule has 160 valence electrons. The molecule has 0 aliphatic heterocycles. The number of benzene rings is 2. The van der Waals surface area contributed by atoms with Crippen molar-refractivity contribution in [2.75, 3.05) is 25.4 Å². The van der Waals surface area contributed by atoms with Crippen molar-refractivity contribution in [3.63, 3.8) is 0 Å². The van der Waals surface area contributed by atoms with E-state index >= 15 is 0 Å². The number of hydrogen-bond donors (Lipinski definition) is 4. The molecule has 0 aliphatic rings. The molecule has 6 N–H and O–H groups in total. The lowest BCUT2D eigenvalue weighted by molar-refractivity contribution is -0.185. The summed E-state index contributed by atoms with van der Waals surface area (Å²) >= 11 is 1.33. The average molecular weight is 451 g/mol. The Labute approximate surface area is 179 Å². The fourth-order valence-corrected chi connectivity index (χ4v) is 2.68. The van der Waals surface area contributed by atoms with Gasteiger partial charge in [-0.15, -0.1) is 4.52 Å². The van der Waals surface area contributed by atoms with Gasteiger partial charge in [-0.05, 0) is 40.6 Å². The highest BCUT2D eigenvalue weighted by Crippen LogP contribution is 2.06. The average Bonchev–Trinajstić information content (AvgIpc) is 2.75. The molecule has 0 heterocycles. The molecular weight excluding hydrogens is 427 g/mol. The van der Waals surface area contributed by atoms with Gasteiger partial charge in [0, 0.05) is 30.0 Å². The number of rotatable bonds is 9. The zero-order valence-electron chi connectivity index (χ0n) is 16.2. The number of nitrogens with one attached hydrogen (secondary N) is 2. The zero-order chi connectivity index (χ0) is 22.2. The van der Waals surface area contributed by atoms with Gasteiger partial charge in [0.1, 0.15) is 6.61 Å². The van der Waals surface area contributed by atoms with E-state index in [0.29, 0.717) is 28.6 Å². The summed E-state index contributed by atoms with van der Waals surface area (Å²) in [7, 11) is -2.84. The van der Waals surface area contributed by atoms with Crippen molar-refractivity contribution in [3.8, 4) is 0 Å². The van der Waals surface area contributed by atoms with Crippen LogP contribution < -0.4 is 26.7 Å². The van der Waals surface area contributed by atoms with Gasteiger partial charge in [0.15, 0.2) is 0 Å². The first-order valence-corrected chi connectivity index (χ1v) is 10.9. The number of nitrogens with two attached hydrogens (primary N) is 2. The van der Waals surface area contributed by atoms with Gasteiger partial charge in [-0.3, -0.25) is 20.7 Å². The van der Waals surface area contributed by atoms with Crippen molar-refractivity contribution in [2.45, 2.75) is 0 Å². The van der Waals surface area contributed by atoms with Crippen LogP contribution in [0.5, 0.6) is 0 Å². The number of amides is 2. The molecule has 0 aromatic heterocycles. The van der Waals surface area contributed by atoms with Crippen LogP contribution in [0.3, 0.4) is 0 Å². The second-order valence-electron chi connectivity index (χ2n) is 5.55. The molecule has 2 aromatic carbocycles. The number of carbonyl (C=O) groups excluding carboxylic acids is 2. The topological polar surface area (TPSA) is 159 Å². The smallest absolute Gasteiger partial charge is 0.488 e. The molecule has 2 aromatic rings. The van der Waals surface area contributed by atoms with Gasteiger partial charge in [-0.2, -0.15) is 0 Å². The van der Waals surface area contributed by atoms with Crippen LogP contribution in [0, 0.1) is 0 Å². The summed E-state index contributed by atoms with van der Waals surface area (Å²) in [5, 5.41) is 10.9.